The highest BCUT2D eigenvalue weighted by Gasteiger charge is 2.30. The zero-order valence-corrected chi connectivity index (χ0v) is 16.6. The molecular weight excluding hydrogens is 403 g/mol. The zero-order valence-electron chi connectivity index (χ0n) is 16.6. The number of alkyl halides is 3. The first-order chi connectivity index (χ1) is 14.0. The van der Waals surface area contributed by atoms with Crippen LogP contribution in [0.25, 0.3) is 0 Å². The number of nitrogens with zero attached hydrogens (tertiary/aromatic N) is 2. The maximum absolute atomic E-state index is 12.9. The number of benzene rings is 1. The van der Waals surface area contributed by atoms with Gasteiger partial charge in [0, 0.05) is 24.9 Å². The van der Waals surface area contributed by atoms with Gasteiger partial charge in [-0.2, -0.15) is 13.2 Å². The average molecular weight is 427 g/mol. The molecule has 0 saturated heterocycles. The Morgan fingerprint density at radius 2 is 1.83 bits per heavy atom. The quantitative estimate of drug-likeness (QED) is 0.539. The molecule has 0 saturated carbocycles. The van der Waals surface area contributed by atoms with Crippen LogP contribution in [-0.2, 0) is 28.7 Å². The van der Waals surface area contributed by atoms with Crippen LogP contribution in [0.15, 0.2) is 36.8 Å². The molecule has 0 aliphatic heterocycles. The molecule has 0 aliphatic rings. The zero-order chi connectivity index (χ0) is 22.5. The van der Waals surface area contributed by atoms with Gasteiger partial charge >= 0.3 is 18.1 Å². The second kappa shape index (κ2) is 9.75. The van der Waals surface area contributed by atoms with Gasteiger partial charge in [0.2, 0.25) is 0 Å². The summed E-state index contributed by atoms with van der Waals surface area (Å²) in [6, 6.07) is 2.62. The number of hydrogen-bond acceptors (Lipinski definition) is 4. The number of carbonyl (C=O) groups is 2. The van der Waals surface area contributed by atoms with E-state index in [1.54, 1.807) is 4.57 Å². The van der Waals surface area contributed by atoms with Crippen LogP contribution in [0.1, 0.15) is 37.1 Å². The van der Waals surface area contributed by atoms with Crippen molar-refractivity contribution in [1.82, 2.24) is 14.9 Å². The van der Waals surface area contributed by atoms with Gasteiger partial charge in [-0.05, 0) is 30.0 Å². The maximum atomic E-state index is 12.9. The van der Waals surface area contributed by atoms with Crippen molar-refractivity contribution >= 4 is 11.9 Å². The van der Waals surface area contributed by atoms with Crippen LogP contribution in [-0.4, -0.2) is 43.8 Å². The van der Waals surface area contributed by atoms with Crippen LogP contribution in [0.2, 0.25) is 0 Å². The van der Waals surface area contributed by atoms with Gasteiger partial charge in [0.1, 0.15) is 12.1 Å². The Labute approximate surface area is 171 Å². The molecule has 0 fully saturated rings. The third kappa shape index (κ3) is 6.58. The molecule has 1 aromatic heterocycles. The van der Waals surface area contributed by atoms with Crippen LogP contribution in [0.4, 0.5) is 13.2 Å². The molecule has 0 bridgehead atoms. The van der Waals surface area contributed by atoms with Crippen molar-refractivity contribution in [3.63, 3.8) is 0 Å². The first kappa shape index (κ1) is 23.4. The Balaban J connectivity index is 2.18. The summed E-state index contributed by atoms with van der Waals surface area (Å²) in [6.45, 7) is 3.73. The number of halogens is 3. The van der Waals surface area contributed by atoms with E-state index in [1.165, 1.54) is 24.7 Å². The Kier molecular flexibility index (Phi) is 7.60. The van der Waals surface area contributed by atoms with E-state index in [4.69, 9.17) is 0 Å². The molecule has 0 spiro atoms. The van der Waals surface area contributed by atoms with E-state index in [1.807, 2.05) is 13.8 Å². The number of nitrogens with one attached hydrogen (secondary N) is 1. The molecule has 1 heterocycles. The molecule has 2 rings (SSSR count). The summed E-state index contributed by atoms with van der Waals surface area (Å²) in [5.74, 6) is -2.33. The molecule has 2 aromatic rings. The Morgan fingerprint density at radius 1 is 1.17 bits per heavy atom. The van der Waals surface area contributed by atoms with Crippen molar-refractivity contribution in [1.29, 1.82) is 0 Å². The molecule has 0 radical (unpaired) electrons. The fourth-order valence-corrected chi connectivity index (χ4v) is 3.08. The lowest BCUT2D eigenvalue weighted by molar-refractivity contribution is -0.143. The van der Waals surface area contributed by atoms with E-state index in [9.17, 15) is 33.0 Å². The highest BCUT2D eigenvalue weighted by molar-refractivity contribution is 5.77. The number of imidazole rings is 1. The predicted molar refractivity (Wildman–Crippen MR) is 102 cm³/mol. The molecule has 30 heavy (non-hydrogen) atoms. The predicted octanol–water partition coefficient (Wildman–Crippen LogP) is 3.03. The Morgan fingerprint density at radius 3 is 2.40 bits per heavy atom. The smallest absolute Gasteiger partial charge is 0.416 e. The molecule has 3 N–H and O–H groups in total. The topological polar surface area (TPSA) is 104 Å². The van der Waals surface area contributed by atoms with Crippen LogP contribution in [0.5, 0.6) is 0 Å². The largest absolute Gasteiger partial charge is 0.480 e. The molecular formula is C20H24F3N3O4. The standard InChI is InChI=1S/C20H24F3N3O4/c1-12(2)6-16(18(27)28)25-17(19(29)30)8-15-9-24-11-26(15)10-13-4-3-5-14(7-13)20(21,22)23/h3-5,7,9,11-12,16-17,25H,6,8,10H2,1-2H3,(H,27,28)(H,29,30)/t16-,17-/m0/s1. The molecule has 164 valence electrons. The van der Waals surface area contributed by atoms with Crippen molar-refractivity contribution in [2.75, 3.05) is 0 Å². The monoisotopic (exact) mass is 427 g/mol. The van der Waals surface area contributed by atoms with Gasteiger partial charge in [-0.3, -0.25) is 14.9 Å². The summed E-state index contributed by atoms with van der Waals surface area (Å²) >= 11 is 0. The van der Waals surface area contributed by atoms with E-state index in [0.29, 0.717) is 11.3 Å². The average Bonchev–Trinajstić information content (AvgIpc) is 3.06. The minimum Gasteiger partial charge on any atom is -0.480 e. The molecule has 0 amide bonds. The highest BCUT2D eigenvalue weighted by atomic mass is 19.4. The van der Waals surface area contributed by atoms with Crippen molar-refractivity contribution in [3.05, 3.63) is 53.6 Å². The number of hydrogen-bond donors (Lipinski definition) is 3. The lowest BCUT2D eigenvalue weighted by Gasteiger charge is -2.22. The summed E-state index contributed by atoms with van der Waals surface area (Å²) in [6.07, 6.45) is -1.46. The van der Waals surface area contributed by atoms with Gasteiger partial charge in [-0.1, -0.05) is 26.0 Å². The van der Waals surface area contributed by atoms with E-state index in [2.05, 4.69) is 10.3 Å². The van der Waals surface area contributed by atoms with Crippen molar-refractivity contribution < 1.29 is 33.0 Å². The Hall–Kier alpha value is -2.88. The summed E-state index contributed by atoms with van der Waals surface area (Å²) in [5, 5.41) is 21.5. The fraction of sp³-hybridized carbons (Fsp3) is 0.450. The van der Waals surface area contributed by atoms with Gasteiger partial charge in [-0.25, -0.2) is 4.98 Å². The molecule has 2 atom stereocenters. The second-order valence-electron chi connectivity index (χ2n) is 7.49. The van der Waals surface area contributed by atoms with Crippen LogP contribution in [0.3, 0.4) is 0 Å². The number of carboxylic acid groups (broad SMARTS) is 2. The fourth-order valence-electron chi connectivity index (χ4n) is 3.08. The summed E-state index contributed by atoms with van der Waals surface area (Å²) in [5.41, 5.74) is 0.0675. The molecule has 10 heteroatoms. The minimum atomic E-state index is -4.46. The third-order valence-electron chi connectivity index (χ3n) is 4.52. The molecule has 0 unspecified atom stereocenters. The normalized spacial score (nSPS) is 13.9. The molecule has 7 nitrogen and oxygen atoms in total. The van der Waals surface area contributed by atoms with Gasteiger partial charge in [0.05, 0.1) is 11.9 Å². The van der Waals surface area contributed by atoms with Crippen molar-refractivity contribution in [3.8, 4) is 0 Å². The van der Waals surface area contributed by atoms with E-state index in [-0.39, 0.29) is 25.3 Å². The van der Waals surface area contributed by atoms with Crippen molar-refractivity contribution in [2.45, 2.75) is 51.5 Å². The van der Waals surface area contributed by atoms with Crippen LogP contribution < -0.4 is 5.32 Å². The number of aromatic nitrogens is 2. The van der Waals surface area contributed by atoms with Crippen molar-refractivity contribution in [2.24, 2.45) is 5.92 Å². The lowest BCUT2D eigenvalue weighted by Crippen LogP contribution is -2.49. The summed E-state index contributed by atoms with van der Waals surface area (Å²) in [4.78, 5) is 27.1. The van der Waals surface area contributed by atoms with Gasteiger partial charge < -0.3 is 14.8 Å². The maximum Gasteiger partial charge on any atom is 0.416 e. The van der Waals surface area contributed by atoms with E-state index in [0.717, 1.165) is 12.1 Å². The van der Waals surface area contributed by atoms with Gasteiger partial charge in [-0.15, -0.1) is 0 Å². The summed E-state index contributed by atoms with van der Waals surface area (Å²) in [7, 11) is 0. The first-order valence-electron chi connectivity index (χ1n) is 9.34. The van der Waals surface area contributed by atoms with Crippen LogP contribution >= 0.6 is 0 Å². The van der Waals surface area contributed by atoms with Crippen LogP contribution in [0, 0.1) is 5.92 Å². The Bertz CT molecular complexity index is 880. The molecule has 1 aromatic carbocycles. The number of aliphatic carboxylic acids is 2. The second-order valence-corrected chi connectivity index (χ2v) is 7.49. The first-order valence-corrected chi connectivity index (χ1v) is 9.34. The lowest BCUT2D eigenvalue weighted by atomic mass is 10.0. The van der Waals surface area contributed by atoms with Gasteiger partial charge in [0.15, 0.2) is 0 Å². The number of rotatable bonds is 10. The van der Waals surface area contributed by atoms with Gasteiger partial charge in [0.25, 0.3) is 0 Å². The third-order valence-corrected chi connectivity index (χ3v) is 4.52. The number of carboxylic acids is 2. The van der Waals surface area contributed by atoms with E-state index < -0.39 is 35.8 Å². The highest BCUT2D eigenvalue weighted by Crippen LogP contribution is 2.29. The molecule has 0 aliphatic carbocycles. The summed E-state index contributed by atoms with van der Waals surface area (Å²) < 4.78 is 40.3. The minimum absolute atomic E-state index is 0.0412. The van der Waals surface area contributed by atoms with E-state index >= 15 is 0 Å². The SMILES string of the molecule is CC(C)C[C@H](N[C@@H](Cc1cncn1Cc1cccc(C(F)(F)F)c1)C(=O)O)C(=O)O.